The van der Waals surface area contributed by atoms with Crippen LogP contribution in [0.4, 0.5) is 28.8 Å². The number of nitrogens with zero attached hydrogens (tertiary/aromatic N) is 2. The highest BCUT2D eigenvalue weighted by Crippen LogP contribution is 2.30. The van der Waals surface area contributed by atoms with Crippen molar-refractivity contribution in [2.24, 2.45) is 0 Å². The van der Waals surface area contributed by atoms with E-state index in [1.54, 1.807) is 56.3 Å². The Kier molecular flexibility index (Phi) is 7.12. The van der Waals surface area contributed by atoms with Gasteiger partial charge in [-0.3, -0.25) is 4.79 Å². The summed E-state index contributed by atoms with van der Waals surface area (Å²) in [5, 5.41) is 8.35. The van der Waals surface area contributed by atoms with Crippen LogP contribution in [0.2, 0.25) is 5.02 Å². The minimum Gasteiger partial charge on any atom is -0.338 e. The van der Waals surface area contributed by atoms with Gasteiger partial charge in [0.15, 0.2) is 15.7 Å². The number of anilines is 5. The van der Waals surface area contributed by atoms with Crippen molar-refractivity contribution in [3.63, 3.8) is 0 Å². The Morgan fingerprint density at radius 3 is 2.53 bits per heavy atom. The first-order valence-corrected chi connectivity index (χ1v) is 11.6. The van der Waals surface area contributed by atoms with E-state index in [1.165, 1.54) is 18.3 Å². The molecule has 0 aliphatic carbocycles. The van der Waals surface area contributed by atoms with E-state index in [0.29, 0.717) is 17.1 Å². The number of nitrogens with one attached hydrogen (secondary N) is 3. The van der Waals surface area contributed by atoms with Gasteiger partial charge >= 0.3 is 0 Å². The molecule has 3 aromatic rings. The third-order valence-electron chi connectivity index (χ3n) is 4.38. The van der Waals surface area contributed by atoms with Crippen LogP contribution in [0.5, 0.6) is 0 Å². The van der Waals surface area contributed by atoms with E-state index < -0.39 is 15.1 Å². The van der Waals surface area contributed by atoms with Gasteiger partial charge < -0.3 is 16.0 Å². The molecule has 1 heterocycles. The van der Waals surface area contributed by atoms with E-state index in [1.807, 2.05) is 0 Å². The van der Waals surface area contributed by atoms with Crippen molar-refractivity contribution in [2.45, 2.75) is 24.0 Å². The Bertz CT molecular complexity index is 1260. The molecular weight excluding hydrogens is 450 g/mol. The van der Waals surface area contributed by atoms with E-state index in [9.17, 15) is 13.2 Å². The lowest BCUT2D eigenvalue weighted by Gasteiger charge is -2.15. The van der Waals surface area contributed by atoms with Crippen molar-refractivity contribution in [2.75, 3.05) is 16.0 Å². The molecule has 3 rings (SSSR count). The molecule has 1 aromatic heterocycles. The summed E-state index contributed by atoms with van der Waals surface area (Å²) in [6.07, 6.45) is 2.58. The average Bonchev–Trinajstić information content (AvgIpc) is 2.76. The Morgan fingerprint density at radius 2 is 1.81 bits per heavy atom. The topological polar surface area (TPSA) is 113 Å². The highest BCUT2D eigenvalue weighted by Gasteiger charge is 2.23. The summed E-state index contributed by atoms with van der Waals surface area (Å²) in [5.41, 5.74) is 1.56. The van der Waals surface area contributed by atoms with Crippen LogP contribution < -0.4 is 16.0 Å². The second-order valence-electron chi connectivity index (χ2n) is 7.00. The number of benzene rings is 2. The fraction of sp³-hybridized carbons (Fsp3) is 0.136. The Morgan fingerprint density at radius 1 is 1.09 bits per heavy atom. The quantitative estimate of drug-likeness (QED) is 0.399. The predicted molar refractivity (Wildman–Crippen MR) is 128 cm³/mol. The van der Waals surface area contributed by atoms with Gasteiger partial charge in [-0.15, -0.1) is 0 Å². The van der Waals surface area contributed by atoms with E-state index in [0.717, 1.165) is 0 Å². The third-order valence-corrected chi connectivity index (χ3v) is 6.87. The second kappa shape index (κ2) is 9.80. The van der Waals surface area contributed by atoms with Gasteiger partial charge in [-0.2, -0.15) is 4.98 Å². The third kappa shape index (κ3) is 5.43. The lowest BCUT2D eigenvalue weighted by atomic mass is 10.2. The maximum absolute atomic E-state index is 12.7. The van der Waals surface area contributed by atoms with Crippen molar-refractivity contribution in [1.82, 2.24) is 9.97 Å². The summed E-state index contributed by atoms with van der Waals surface area (Å²) in [6.45, 7) is 6.67. The molecular formula is C22H22ClN5O3S. The maximum Gasteiger partial charge on any atom is 0.247 e. The van der Waals surface area contributed by atoms with Crippen molar-refractivity contribution < 1.29 is 13.2 Å². The summed E-state index contributed by atoms with van der Waals surface area (Å²) in [6, 6.07) is 13.5. The molecule has 3 N–H and O–H groups in total. The second-order valence-corrected chi connectivity index (χ2v) is 9.88. The van der Waals surface area contributed by atoms with Gasteiger partial charge in [-0.05, 0) is 50.3 Å². The number of halogens is 1. The summed E-state index contributed by atoms with van der Waals surface area (Å²) in [7, 11) is -3.52. The normalized spacial score (nSPS) is 11.1. The Hall–Kier alpha value is -3.43. The molecule has 0 saturated heterocycles. The number of hydrogen-bond donors (Lipinski definition) is 3. The van der Waals surface area contributed by atoms with Gasteiger partial charge in [0.25, 0.3) is 0 Å². The summed E-state index contributed by atoms with van der Waals surface area (Å²) >= 11 is 6.26. The molecule has 1 amide bonds. The molecule has 8 nitrogen and oxygen atoms in total. The molecule has 166 valence electrons. The zero-order valence-electron chi connectivity index (χ0n) is 17.5. The lowest BCUT2D eigenvalue weighted by molar-refractivity contribution is -0.111. The number of sulfone groups is 1. The zero-order valence-corrected chi connectivity index (χ0v) is 19.0. The summed E-state index contributed by atoms with van der Waals surface area (Å²) in [4.78, 5) is 20.2. The molecule has 0 aliphatic heterocycles. The predicted octanol–water partition coefficient (Wildman–Crippen LogP) is 4.92. The number of carbonyl (C=O) groups excluding carboxylic acids is 1. The SMILES string of the molecule is C=CC(=O)Nc1cccc(Nc2ncc(Cl)c(Nc3ccccc3S(=O)(=O)C(C)C)n2)c1. The molecule has 0 aliphatic rings. The van der Waals surface area contributed by atoms with E-state index >= 15 is 0 Å². The Labute approximate surface area is 191 Å². The molecule has 2 aromatic carbocycles. The van der Waals surface area contributed by atoms with Gasteiger partial charge in [-0.25, -0.2) is 13.4 Å². The molecule has 0 saturated carbocycles. The van der Waals surface area contributed by atoms with Gasteiger partial charge in [-0.1, -0.05) is 36.4 Å². The number of carbonyl (C=O) groups is 1. The van der Waals surface area contributed by atoms with Crippen LogP contribution in [-0.2, 0) is 14.6 Å². The van der Waals surface area contributed by atoms with Crippen LogP contribution in [-0.4, -0.2) is 29.5 Å². The molecule has 0 spiro atoms. The molecule has 32 heavy (non-hydrogen) atoms. The van der Waals surface area contributed by atoms with Crippen molar-refractivity contribution in [3.8, 4) is 0 Å². The van der Waals surface area contributed by atoms with Crippen LogP contribution in [0.15, 0.2) is 72.3 Å². The van der Waals surface area contributed by atoms with E-state index in [4.69, 9.17) is 11.6 Å². The fourth-order valence-electron chi connectivity index (χ4n) is 2.71. The van der Waals surface area contributed by atoms with Crippen LogP contribution >= 0.6 is 11.6 Å². The van der Waals surface area contributed by atoms with E-state index in [-0.39, 0.29) is 27.6 Å². The smallest absolute Gasteiger partial charge is 0.247 e. The van der Waals surface area contributed by atoms with Gasteiger partial charge in [0, 0.05) is 11.4 Å². The van der Waals surface area contributed by atoms with Gasteiger partial charge in [0.05, 0.1) is 22.0 Å². The lowest BCUT2D eigenvalue weighted by Crippen LogP contribution is -2.15. The molecule has 0 radical (unpaired) electrons. The molecule has 0 atom stereocenters. The van der Waals surface area contributed by atoms with Crippen LogP contribution in [0.25, 0.3) is 0 Å². The minimum atomic E-state index is -3.52. The highest BCUT2D eigenvalue weighted by molar-refractivity contribution is 7.92. The fourth-order valence-corrected chi connectivity index (χ4v) is 4.05. The van der Waals surface area contributed by atoms with Crippen LogP contribution in [0.3, 0.4) is 0 Å². The van der Waals surface area contributed by atoms with Crippen LogP contribution in [0.1, 0.15) is 13.8 Å². The molecule has 0 unspecified atom stereocenters. The average molecular weight is 472 g/mol. The standard InChI is InChI=1S/C22H22ClN5O3S/c1-4-20(29)25-15-8-7-9-16(12-15)26-22-24-13-17(23)21(28-22)27-18-10-5-6-11-19(18)32(30,31)14(2)3/h4-14H,1H2,2-3H3,(H,25,29)(H2,24,26,27,28). The molecule has 0 fully saturated rings. The highest BCUT2D eigenvalue weighted by atomic mass is 35.5. The Balaban J connectivity index is 1.88. The first-order valence-electron chi connectivity index (χ1n) is 9.63. The number of aromatic nitrogens is 2. The maximum atomic E-state index is 12.7. The van der Waals surface area contributed by atoms with Crippen molar-refractivity contribution >= 4 is 56.2 Å². The van der Waals surface area contributed by atoms with Crippen molar-refractivity contribution in [1.29, 1.82) is 0 Å². The van der Waals surface area contributed by atoms with Crippen LogP contribution in [0, 0.1) is 0 Å². The summed E-state index contributed by atoms with van der Waals surface area (Å²) < 4.78 is 25.4. The largest absolute Gasteiger partial charge is 0.338 e. The monoisotopic (exact) mass is 471 g/mol. The first-order chi connectivity index (χ1) is 15.2. The number of amides is 1. The number of hydrogen-bond acceptors (Lipinski definition) is 7. The number of para-hydroxylation sites is 1. The van der Waals surface area contributed by atoms with Gasteiger partial charge in [0.2, 0.25) is 11.9 Å². The van der Waals surface area contributed by atoms with E-state index in [2.05, 4.69) is 32.5 Å². The molecule has 10 heteroatoms. The minimum absolute atomic E-state index is 0.157. The first kappa shape index (κ1) is 23.2. The zero-order chi connectivity index (χ0) is 23.3. The van der Waals surface area contributed by atoms with Gasteiger partial charge in [0.1, 0.15) is 5.02 Å². The van der Waals surface area contributed by atoms with Crippen molar-refractivity contribution in [3.05, 3.63) is 72.4 Å². The number of rotatable bonds is 8. The summed E-state index contributed by atoms with van der Waals surface area (Å²) in [5.74, 6) is 0.145. The molecule has 0 bridgehead atoms.